The number of halogens is 3. The highest BCUT2D eigenvalue weighted by atomic mass is 19.4. The van der Waals surface area contributed by atoms with E-state index in [4.69, 9.17) is 4.74 Å². The molecule has 2 amide bonds. The van der Waals surface area contributed by atoms with Gasteiger partial charge >= 0.3 is 6.18 Å². The SMILES string of the molecule is CCN1CC(C(=O)NCc2ccc3c(c2)Oc2ccc(C(F)(F)F)cc2N3)CC1=O. The molecule has 2 aromatic rings. The van der Waals surface area contributed by atoms with Crippen molar-refractivity contribution in [3.63, 3.8) is 0 Å². The van der Waals surface area contributed by atoms with Gasteiger partial charge in [0.1, 0.15) is 0 Å². The summed E-state index contributed by atoms with van der Waals surface area (Å²) >= 11 is 0. The monoisotopic (exact) mass is 419 g/mol. The quantitative estimate of drug-likeness (QED) is 0.670. The van der Waals surface area contributed by atoms with E-state index in [0.717, 1.165) is 17.7 Å². The Morgan fingerprint density at radius 2 is 2.00 bits per heavy atom. The molecule has 1 saturated heterocycles. The Labute approximate surface area is 171 Å². The molecule has 0 bridgehead atoms. The normalized spacial score (nSPS) is 17.7. The lowest BCUT2D eigenvalue weighted by Crippen LogP contribution is -2.32. The summed E-state index contributed by atoms with van der Waals surface area (Å²) in [4.78, 5) is 25.8. The highest BCUT2D eigenvalue weighted by molar-refractivity contribution is 5.89. The molecule has 1 atom stereocenters. The zero-order valence-corrected chi connectivity index (χ0v) is 16.2. The van der Waals surface area contributed by atoms with E-state index in [-0.39, 0.29) is 36.4 Å². The molecular formula is C21H20F3N3O3. The van der Waals surface area contributed by atoms with E-state index in [9.17, 15) is 22.8 Å². The molecule has 9 heteroatoms. The molecule has 2 heterocycles. The third kappa shape index (κ3) is 3.92. The molecule has 158 valence electrons. The van der Waals surface area contributed by atoms with Gasteiger partial charge in [0.25, 0.3) is 0 Å². The molecule has 2 aromatic carbocycles. The number of amides is 2. The summed E-state index contributed by atoms with van der Waals surface area (Å²) in [6.45, 7) is 3.15. The van der Waals surface area contributed by atoms with Crippen molar-refractivity contribution in [2.75, 3.05) is 18.4 Å². The van der Waals surface area contributed by atoms with E-state index in [1.165, 1.54) is 6.07 Å². The van der Waals surface area contributed by atoms with Crippen molar-refractivity contribution in [3.8, 4) is 11.5 Å². The Kier molecular flexibility index (Phi) is 5.05. The van der Waals surface area contributed by atoms with E-state index >= 15 is 0 Å². The van der Waals surface area contributed by atoms with Crippen LogP contribution in [0.4, 0.5) is 24.5 Å². The second kappa shape index (κ2) is 7.55. The number of fused-ring (bicyclic) bond motifs is 2. The second-order valence-electron chi connectivity index (χ2n) is 7.32. The maximum Gasteiger partial charge on any atom is 0.416 e. The van der Waals surface area contributed by atoms with Gasteiger partial charge in [-0.1, -0.05) is 6.07 Å². The van der Waals surface area contributed by atoms with Crippen LogP contribution in [0.3, 0.4) is 0 Å². The van der Waals surface area contributed by atoms with Gasteiger partial charge in [-0.25, -0.2) is 0 Å². The number of ether oxygens (including phenoxy) is 1. The van der Waals surface area contributed by atoms with Crippen molar-refractivity contribution in [2.45, 2.75) is 26.1 Å². The molecule has 2 aliphatic heterocycles. The molecule has 0 saturated carbocycles. The Bertz CT molecular complexity index is 1010. The lowest BCUT2D eigenvalue weighted by atomic mass is 10.1. The first-order valence-electron chi connectivity index (χ1n) is 9.59. The number of nitrogens with zero attached hydrogens (tertiary/aromatic N) is 1. The fraction of sp³-hybridized carbons (Fsp3) is 0.333. The first-order chi connectivity index (χ1) is 14.2. The Morgan fingerprint density at radius 1 is 1.20 bits per heavy atom. The largest absolute Gasteiger partial charge is 0.453 e. The molecule has 0 aliphatic carbocycles. The summed E-state index contributed by atoms with van der Waals surface area (Å²) in [6.07, 6.45) is -4.22. The lowest BCUT2D eigenvalue weighted by molar-refractivity contribution is -0.137. The Hall–Kier alpha value is -3.23. The molecule has 4 rings (SSSR count). The van der Waals surface area contributed by atoms with Crippen LogP contribution in [0.15, 0.2) is 36.4 Å². The van der Waals surface area contributed by atoms with Gasteiger partial charge in [0.2, 0.25) is 11.8 Å². The van der Waals surface area contributed by atoms with E-state index in [2.05, 4.69) is 10.6 Å². The van der Waals surface area contributed by atoms with Crippen LogP contribution in [0.1, 0.15) is 24.5 Å². The number of likely N-dealkylation sites (tertiary alicyclic amines) is 1. The van der Waals surface area contributed by atoms with Crippen LogP contribution in [0.25, 0.3) is 0 Å². The van der Waals surface area contributed by atoms with Crippen LogP contribution >= 0.6 is 0 Å². The number of alkyl halides is 3. The average Bonchev–Trinajstić information content (AvgIpc) is 3.10. The number of hydrogen-bond acceptors (Lipinski definition) is 4. The number of hydrogen-bond donors (Lipinski definition) is 2. The van der Waals surface area contributed by atoms with Crippen molar-refractivity contribution in [2.24, 2.45) is 5.92 Å². The van der Waals surface area contributed by atoms with Crippen molar-refractivity contribution in [1.29, 1.82) is 0 Å². The minimum absolute atomic E-state index is 0.0155. The van der Waals surface area contributed by atoms with E-state index in [1.54, 1.807) is 23.1 Å². The zero-order chi connectivity index (χ0) is 21.5. The molecule has 1 unspecified atom stereocenters. The van der Waals surface area contributed by atoms with Crippen molar-refractivity contribution >= 4 is 23.2 Å². The van der Waals surface area contributed by atoms with Gasteiger partial charge in [-0.3, -0.25) is 9.59 Å². The van der Waals surface area contributed by atoms with Gasteiger partial charge in [0.15, 0.2) is 11.5 Å². The van der Waals surface area contributed by atoms with E-state index < -0.39 is 11.7 Å². The first-order valence-corrected chi connectivity index (χ1v) is 9.59. The summed E-state index contributed by atoms with van der Waals surface area (Å²) in [7, 11) is 0. The predicted octanol–water partition coefficient (Wildman–Crippen LogP) is 4.04. The molecule has 2 aliphatic rings. The molecule has 2 N–H and O–H groups in total. The summed E-state index contributed by atoms with van der Waals surface area (Å²) in [5, 5.41) is 5.79. The maximum absolute atomic E-state index is 12.9. The van der Waals surface area contributed by atoms with Crippen LogP contribution < -0.4 is 15.4 Å². The van der Waals surface area contributed by atoms with Gasteiger partial charge in [0.05, 0.1) is 22.9 Å². The van der Waals surface area contributed by atoms with Gasteiger partial charge in [0, 0.05) is 26.1 Å². The van der Waals surface area contributed by atoms with Crippen molar-refractivity contribution < 1.29 is 27.5 Å². The van der Waals surface area contributed by atoms with Gasteiger partial charge in [-0.05, 0) is 42.8 Å². The Morgan fingerprint density at radius 3 is 2.70 bits per heavy atom. The number of anilines is 2. The zero-order valence-electron chi connectivity index (χ0n) is 16.2. The second-order valence-corrected chi connectivity index (χ2v) is 7.32. The fourth-order valence-electron chi connectivity index (χ4n) is 3.61. The van der Waals surface area contributed by atoms with Crippen LogP contribution in [0.5, 0.6) is 11.5 Å². The standard InChI is InChI=1S/C21H20F3N3O3/c1-2-27-11-13(8-19(27)28)20(29)25-10-12-3-5-15-18(7-12)30-17-6-4-14(21(22,23)24)9-16(17)26-15/h3-7,9,13,26H,2,8,10-11H2,1H3,(H,25,29). The van der Waals surface area contributed by atoms with Crippen molar-refractivity contribution in [1.82, 2.24) is 10.2 Å². The van der Waals surface area contributed by atoms with Gasteiger partial charge in [-0.15, -0.1) is 0 Å². The van der Waals surface area contributed by atoms with Crippen LogP contribution in [-0.4, -0.2) is 29.8 Å². The number of rotatable bonds is 4. The number of carbonyl (C=O) groups excluding carboxylic acids is 2. The molecule has 0 aromatic heterocycles. The first kappa shape index (κ1) is 20.1. The highest BCUT2D eigenvalue weighted by Crippen LogP contribution is 2.44. The summed E-state index contributed by atoms with van der Waals surface area (Å²) in [5.41, 5.74) is 0.796. The van der Waals surface area contributed by atoms with Gasteiger partial charge < -0.3 is 20.3 Å². The topological polar surface area (TPSA) is 70.7 Å². The minimum Gasteiger partial charge on any atom is -0.453 e. The average molecular weight is 419 g/mol. The molecular weight excluding hydrogens is 399 g/mol. The third-order valence-corrected chi connectivity index (χ3v) is 5.28. The molecule has 1 fully saturated rings. The fourth-order valence-corrected chi connectivity index (χ4v) is 3.61. The Balaban J connectivity index is 1.42. The van der Waals surface area contributed by atoms with Crippen LogP contribution in [0.2, 0.25) is 0 Å². The summed E-state index contributed by atoms with van der Waals surface area (Å²) < 4.78 is 44.5. The maximum atomic E-state index is 12.9. The summed E-state index contributed by atoms with van der Waals surface area (Å²) in [5.74, 6) is 0.199. The summed E-state index contributed by atoms with van der Waals surface area (Å²) in [6, 6.07) is 8.43. The van der Waals surface area contributed by atoms with E-state index in [1.807, 2.05) is 6.92 Å². The molecule has 0 spiro atoms. The minimum atomic E-state index is -4.43. The van der Waals surface area contributed by atoms with Crippen molar-refractivity contribution in [3.05, 3.63) is 47.5 Å². The molecule has 30 heavy (non-hydrogen) atoms. The molecule has 6 nitrogen and oxygen atoms in total. The third-order valence-electron chi connectivity index (χ3n) is 5.28. The highest BCUT2D eigenvalue weighted by Gasteiger charge is 2.33. The number of benzene rings is 2. The molecule has 0 radical (unpaired) electrons. The predicted molar refractivity (Wildman–Crippen MR) is 103 cm³/mol. The smallest absolute Gasteiger partial charge is 0.416 e. The number of nitrogens with one attached hydrogen (secondary N) is 2. The number of carbonyl (C=O) groups is 2. The lowest BCUT2D eigenvalue weighted by Gasteiger charge is -2.23. The van der Waals surface area contributed by atoms with Gasteiger partial charge in [-0.2, -0.15) is 13.2 Å². The van der Waals surface area contributed by atoms with Crippen LogP contribution in [-0.2, 0) is 22.3 Å². The van der Waals surface area contributed by atoms with E-state index in [0.29, 0.717) is 30.3 Å². The van der Waals surface area contributed by atoms with Crippen LogP contribution in [0, 0.1) is 5.92 Å².